The van der Waals surface area contributed by atoms with Gasteiger partial charge < -0.3 is 4.98 Å². The minimum absolute atomic E-state index is 0.486. The number of hydrogen-bond donors (Lipinski definition) is 1. The van der Waals surface area contributed by atoms with Crippen LogP contribution in [-0.2, 0) is 6.42 Å². The van der Waals surface area contributed by atoms with Crippen molar-refractivity contribution in [1.29, 1.82) is 0 Å². The fourth-order valence-corrected chi connectivity index (χ4v) is 2.41. The van der Waals surface area contributed by atoms with Gasteiger partial charge in [0.05, 0.1) is 17.3 Å². The summed E-state index contributed by atoms with van der Waals surface area (Å²) >= 11 is 5.88. The van der Waals surface area contributed by atoms with E-state index in [4.69, 9.17) is 11.6 Å². The van der Waals surface area contributed by atoms with Crippen molar-refractivity contribution >= 4 is 28.2 Å². The normalized spacial score (nSPS) is 15.1. The van der Waals surface area contributed by atoms with E-state index >= 15 is 0 Å². The van der Waals surface area contributed by atoms with Gasteiger partial charge in [0.2, 0.25) is 0 Å². The van der Waals surface area contributed by atoms with Crippen LogP contribution in [0.2, 0.25) is 0 Å². The molecule has 0 aliphatic carbocycles. The molecule has 2 heterocycles. The minimum Gasteiger partial charge on any atom is -0.353 e. The fourth-order valence-electron chi connectivity index (χ4n) is 2.20. The van der Waals surface area contributed by atoms with E-state index in [2.05, 4.69) is 28.2 Å². The van der Waals surface area contributed by atoms with E-state index in [1.165, 1.54) is 16.5 Å². The smallest absolute Gasteiger partial charge is 0.0733 e. The maximum absolute atomic E-state index is 5.88. The number of alkyl halides is 1. The second kappa shape index (κ2) is 3.38. The number of halogens is 1. The maximum atomic E-state index is 5.88. The number of para-hydroxylation sites is 1. The van der Waals surface area contributed by atoms with Gasteiger partial charge in [0.1, 0.15) is 0 Å². The lowest BCUT2D eigenvalue weighted by atomic mass is 10.0. The summed E-state index contributed by atoms with van der Waals surface area (Å²) in [5.41, 5.74) is 4.69. The molecule has 76 valence electrons. The first kappa shape index (κ1) is 8.98. The van der Waals surface area contributed by atoms with Crippen molar-refractivity contribution in [3.8, 4) is 0 Å². The SMILES string of the molecule is ClCC1=NCCc2c1[nH]c1ccccc21. The van der Waals surface area contributed by atoms with E-state index in [9.17, 15) is 0 Å². The number of H-pyrrole nitrogens is 1. The first-order valence-corrected chi connectivity index (χ1v) is 5.63. The van der Waals surface area contributed by atoms with Gasteiger partial charge >= 0.3 is 0 Å². The van der Waals surface area contributed by atoms with Gasteiger partial charge in [0.25, 0.3) is 0 Å². The lowest BCUT2D eigenvalue weighted by molar-refractivity contribution is 0.946. The number of hydrogen-bond acceptors (Lipinski definition) is 1. The van der Waals surface area contributed by atoms with E-state index < -0.39 is 0 Å². The molecule has 0 saturated carbocycles. The van der Waals surface area contributed by atoms with Gasteiger partial charge in [-0.1, -0.05) is 18.2 Å². The van der Waals surface area contributed by atoms with Gasteiger partial charge in [-0.25, -0.2) is 0 Å². The van der Waals surface area contributed by atoms with Gasteiger partial charge in [0, 0.05) is 17.4 Å². The van der Waals surface area contributed by atoms with Gasteiger partial charge in [-0.3, -0.25) is 4.99 Å². The minimum atomic E-state index is 0.486. The number of aromatic nitrogens is 1. The molecule has 0 spiro atoms. The molecule has 1 aliphatic rings. The molecule has 2 nitrogen and oxygen atoms in total. The summed E-state index contributed by atoms with van der Waals surface area (Å²) < 4.78 is 0. The van der Waals surface area contributed by atoms with Crippen LogP contribution < -0.4 is 0 Å². The highest BCUT2D eigenvalue weighted by Crippen LogP contribution is 2.26. The Morgan fingerprint density at radius 3 is 3.07 bits per heavy atom. The zero-order valence-electron chi connectivity index (χ0n) is 8.26. The molecule has 0 atom stereocenters. The fraction of sp³-hybridized carbons (Fsp3) is 0.250. The van der Waals surface area contributed by atoms with E-state index in [-0.39, 0.29) is 0 Å². The summed E-state index contributed by atoms with van der Waals surface area (Å²) in [6, 6.07) is 8.37. The van der Waals surface area contributed by atoms with Crippen LogP contribution in [0.5, 0.6) is 0 Å². The number of nitrogens with one attached hydrogen (secondary N) is 1. The molecule has 1 aliphatic heterocycles. The van der Waals surface area contributed by atoms with Crippen molar-refractivity contribution in [3.05, 3.63) is 35.5 Å². The number of benzene rings is 1. The van der Waals surface area contributed by atoms with Crippen molar-refractivity contribution in [2.24, 2.45) is 4.99 Å². The van der Waals surface area contributed by atoms with Crippen molar-refractivity contribution in [1.82, 2.24) is 4.98 Å². The summed E-state index contributed by atoms with van der Waals surface area (Å²) in [4.78, 5) is 7.84. The highest BCUT2D eigenvalue weighted by molar-refractivity contribution is 6.32. The lowest BCUT2D eigenvalue weighted by Gasteiger charge is -2.10. The molecule has 1 aromatic carbocycles. The van der Waals surface area contributed by atoms with Crippen LogP contribution in [0.4, 0.5) is 0 Å². The third-order valence-electron chi connectivity index (χ3n) is 2.89. The summed E-state index contributed by atoms with van der Waals surface area (Å²) in [6.45, 7) is 0.858. The van der Waals surface area contributed by atoms with Crippen LogP contribution in [0.25, 0.3) is 10.9 Å². The molecule has 0 amide bonds. The van der Waals surface area contributed by atoms with Crippen LogP contribution in [0, 0.1) is 0 Å². The average molecular weight is 219 g/mol. The summed E-state index contributed by atoms with van der Waals surface area (Å²) in [6.07, 6.45) is 1.01. The second-order valence-corrected chi connectivity index (χ2v) is 4.00. The molecule has 0 radical (unpaired) electrons. The molecule has 1 N–H and O–H groups in total. The van der Waals surface area contributed by atoms with Crippen LogP contribution in [0.15, 0.2) is 29.3 Å². The number of aliphatic imine (C=N–C) groups is 1. The van der Waals surface area contributed by atoms with E-state index in [0.717, 1.165) is 24.4 Å². The predicted molar refractivity (Wildman–Crippen MR) is 64.1 cm³/mol. The highest BCUT2D eigenvalue weighted by atomic mass is 35.5. The van der Waals surface area contributed by atoms with E-state index in [1.54, 1.807) is 0 Å². The van der Waals surface area contributed by atoms with Crippen molar-refractivity contribution in [2.75, 3.05) is 12.4 Å². The first-order chi connectivity index (χ1) is 7.40. The molecular weight excluding hydrogens is 208 g/mol. The molecule has 1 aromatic heterocycles. The Hall–Kier alpha value is -1.28. The quantitative estimate of drug-likeness (QED) is 0.713. The third-order valence-corrected chi connectivity index (χ3v) is 3.15. The Kier molecular flexibility index (Phi) is 2.03. The van der Waals surface area contributed by atoms with Gasteiger partial charge in [-0.2, -0.15) is 0 Å². The summed E-state index contributed by atoms with van der Waals surface area (Å²) in [7, 11) is 0. The van der Waals surface area contributed by atoms with Crippen LogP contribution in [0.1, 0.15) is 11.3 Å². The summed E-state index contributed by atoms with van der Waals surface area (Å²) in [5, 5.41) is 1.31. The molecule has 0 saturated heterocycles. The van der Waals surface area contributed by atoms with Crippen LogP contribution in [-0.4, -0.2) is 23.1 Å². The molecule has 3 rings (SSSR count). The molecule has 2 aromatic rings. The maximum Gasteiger partial charge on any atom is 0.0733 e. The topological polar surface area (TPSA) is 28.1 Å². The number of nitrogens with zero attached hydrogens (tertiary/aromatic N) is 1. The zero-order chi connectivity index (χ0) is 10.3. The number of aromatic amines is 1. The highest BCUT2D eigenvalue weighted by Gasteiger charge is 2.17. The Balaban J connectivity index is 2.31. The average Bonchev–Trinajstić information content (AvgIpc) is 2.67. The van der Waals surface area contributed by atoms with Gasteiger partial charge in [-0.15, -0.1) is 11.6 Å². The van der Waals surface area contributed by atoms with Crippen molar-refractivity contribution < 1.29 is 0 Å². The number of rotatable bonds is 1. The Morgan fingerprint density at radius 1 is 1.33 bits per heavy atom. The lowest BCUT2D eigenvalue weighted by Crippen LogP contribution is -2.13. The van der Waals surface area contributed by atoms with Crippen LogP contribution in [0.3, 0.4) is 0 Å². The van der Waals surface area contributed by atoms with Crippen molar-refractivity contribution in [3.63, 3.8) is 0 Å². The third kappa shape index (κ3) is 1.29. The Labute approximate surface area is 93.0 Å². The standard InChI is InChI=1S/C12H11ClN2/c13-7-11-12-9(5-6-14-11)8-3-1-2-4-10(8)15-12/h1-4,15H,5-7H2. The second-order valence-electron chi connectivity index (χ2n) is 3.74. The van der Waals surface area contributed by atoms with E-state index in [0.29, 0.717) is 5.88 Å². The Bertz CT molecular complexity index is 540. The molecule has 3 heteroatoms. The van der Waals surface area contributed by atoms with Gasteiger partial charge in [0.15, 0.2) is 0 Å². The first-order valence-electron chi connectivity index (χ1n) is 5.09. The van der Waals surface area contributed by atoms with Crippen molar-refractivity contribution in [2.45, 2.75) is 6.42 Å². The monoisotopic (exact) mass is 218 g/mol. The summed E-state index contributed by atoms with van der Waals surface area (Å²) in [5.74, 6) is 0.486. The van der Waals surface area contributed by atoms with Crippen LogP contribution >= 0.6 is 11.6 Å². The molecule has 0 bridgehead atoms. The zero-order valence-corrected chi connectivity index (χ0v) is 9.01. The number of fused-ring (bicyclic) bond motifs is 3. The largest absolute Gasteiger partial charge is 0.353 e. The van der Waals surface area contributed by atoms with E-state index in [1.807, 2.05) is 6.07 Å². The molecule has 0 fully saturated rings. The predicted octanol–water partition coefficient (Wildman–Crippen LogP) is 2.75. The molecule has 15 heavy (non-hydrogen) atoms. The van der Waals surface area contributed by atoms with Gasteiger partial charge in [-0.05, 0) is 18.1 Å². The Morgan fingerprint density at radius 2 is 2.20 bits per heavy atom. The molecule has 0 unspecified atom stereocenters. The molecular formula is C12H11ClN2.